The van der Waals surface area contributed by atoms with Gasteiger partial charge in [0, 0.05) is 5.56 Å². The first-order valence-corrected chi connectivity index (χ1v) is 7.15. The Bertz CT molecular complexity index is 744. The third kappa shape index (κ3) is 5.52. The van der Waals surface area contributed by atoms with Crippen molar-refractivity contribution in [1.29, 1.82) is 0 Å². The van der Waals surface area contributed by atoms with E-state index < -0.39 is 17.6 Å². The minimum absolute atomic E-state index is 0.147. The molecule has 1 amide bonds. The van der Waals surface area contributed by atoms with Crippen molar-refractivity contribution < 1.29 is 27.4 Å². The van der Waals surface area contributed by atoms with Gasteiger partial charge in [-0.2, -0.15) is 18.3 Å². The Balaban J connectivity index is 1.88. The molecule has 0 radical (unpaired) electrons. The number of hydrogen-bond donors (Lipinski definition) is 1. The summed E-state index contributed by atoms with van der Waals surface area (Å²) < 4.78 is 48.7. The van der Waals surface area contributed by atoms with Gasteiger partial charge in [0.15, 0.2) is 6.61 Å². The lowest BCUT2D eigenvalue weighted by molar-refractivity contribution is -0.137. The van der Waals surface area contributed by atoms with E-state index in [4.69, 9.17) is 9.47 Å². The summed E-state index contributed by atoms with van der Waals surface area (Å²) in [5.74, 6) is 0.489. The topological polar surface area (TPSA) is 59.9 Å². The molecule has 0 aliphatic rings. The second-order valence-corrected chi connectivity index (χ2v) is 4.84. The van der Waals surface area contributed by atoms with Crippen molar-refractivity contribution in [2.45, 2.75) is 6.18 Å². The summed E-state index contributed by atoms with van der Waals surface area (Å²) in [5, 5.41) is 3.53. The molecule has 0 unspecified atom stereocenters. The average molecular weight is 352 g/mol. The van der Waals surface area contributed by atoms with Gasteiger partial charge in [0.2, 0.25) is 0 Å². The van der Waals surface area contributed by atoms with Gasteiger partial charge in [0.25, 0.3) is 5.91 Å². The number of halogens is 3. The van der Waals surface area contributed by atoms with Crippen LogP contribution in [0.4, 0.5) is 13.2 Å². The predicted molar refractivity (Wildman–Crippen MR) is 85.7 cm³/mol. The summed E-state index contributed by atoms with van der Waals surface area (Å²) in [4.78, 5) is 11.6. The minimum Gasteiger partial charge on any atom is -0.497 e. The number of hydrogen-bond acceptors (Lipinski definition) is 4. The SMILES string of the molecule is COc1ccc(OCC(=O)N/N=C/c2ccccc2C(F)(F)F)cc1. The summed E-state index contributed by atoms with van der Waals surface area (Å²) in [6.07, 6.45) is -3.56. The summed E-state index contributed by atoms with van der Waals surface area (Å²) in [7, 11) is 1.53. The normalized spacial score (nSPS) is 11.4. The van der Waals surface area contributed by atoms with E-state index in [2.05, 4.69) is 10.5 Å². The van der Waals surface area contributed by atoms with Gasteiger partial charge in [-0.1, -0.05) is 18.2 Å². The van der Waals surface area contributed by atoms with Crippen molar-refractivity contribution in [3.8, 4) is 11.5 Å². The smallest absolute Gasteiger partial charge is 0.417 e. The molecule has 25 heavy (non-hydrogen) atoms. The molecule has 0 bridgehead atoms. The Morgan fingerprint density at radius 1 is 1.12 bits per heavy atom. The Hall–Kier alpha value is -3.03. The lowest BCUT2D eigenvalue weighted by Crippen LogP contribution is -2.24. The molecule has 0 spiro atoms. The van der Waals surface area contributed by atoms with Crippen molar-refractivity contribution in [2.75, 3.05) is 13.7 Å². The molecule has 0 aromatic heterocycles. The molecule has 2 rings (SSSR count). The first-order chi connectivity index (χ1) is 11.9. The monoisotopic (exact) mass is 352 g/mol. The summed E-state index contributed by atoms with van der Waals surface area (Å²) in [6, 6.07) is 11.5. The molecule has 5 nitrogen and oxygen atoms in total. The molecule has 132 valence electrons. The number of nitrogens with zero attached hydrogens (tertiary/aromatic N) is 1. The number of carbonyl (C=O) groups excluding carboxylic acids is 1. The van der Waals surface area contributed by atoms with Crippen LogP contribution in [0, 0.1) is 0 Å². The molecule has 2 aromatic carbocycles. The zero-order chi connectivity index (χ0) is 18.3. The first-order valence-electron chi connectivity index (χ1n) is 7.15. The van der Waals surface area contributed by atoms with Gasteiger partial charge in [-0.25, -0.2) is 5.43 Å². The van der Waals surface area contributed by atoms with Crippen LogP contribution in [0.15, 0.2) is 53.6 Å². The molecule has 1 N–H and O–H groups in total. The van der Waals surface area contributed by atoms with Crippen LogP contribution in [0.5, 0.6) is 11.5 Å². The lowest BCUT2D eigenvalue weighted by atomic mass is 10.1. The van der Waals surface area contributed by atoms with Gasteiger partial charge in [0.05, 0.1) is 18.9 Å². The molecule has 8 heteroatoms. The second kappa shape index (κ2) is 8.18. The van der Waals surface area contributed by atoms with Gasteiger partial charge < -0.3 is 9.47 Å². The fourth-order valence-corrected chi connectivity index (χ4v) is 1.89. The standard InChI is InChI=1S/C17H15F3N2O3/c1-24-13-6-8-14(9-7-13)25-11-16(23)22-21-10-12-4-2-3-5-15(12)17(18,19)20/h2-10H,11H2,1H3,(H,22,23)/b21-10+. The fourth-order valence-electron chi connectivity index (χ4n) is 1.89. The number of nitrogens with one attached hydrogen (secondary N) is 1. The second-order valence-electron chi connectivity index (χ2n) is 4.84. The third-order valence-corrected chi connectivity index (χ3v) is 3.09. The number of benzene rings is 2. The number of carbonyl (C=O) groups is 1. The summed E-state index contributed by atoms with van der Waals surface area (Å²) in [5.41, 5.74) is 1.14. The minimum atomic E-state index is -4.50. The molecule has 0 saturated carbocycles. The first kappa shape index (κ1) is 18.3. The van der Waals surface area contributed by atoms with Crippen LogP contribution in [-0.2, 0) is 11.0 Å². The maximum atomic E-state index is 12.8. The largest absolute Gasteiger partial charge is 0.497 e. The van der Waals surface area contributed by atoms with Crippen molar-refractivity contribution in [1.82, 2.24) is 5.43 Å². The van der Waals surface area contributed by atoms with E-state index in [9.17, 15) is 18.0 Å². The van der Waals surface area contributed by atoms with Crippen LogP contribution in [0.3, 0.4) is 0 Å². The molecule has 2 aromatic rings. The maximum Gasteiger partial charge on any atom is 0.417 e. The van der Waals surface area contributed by atoms with Gasteiger partial charge in [-0.15, -0.1) is 0 Å². The van der Waals surface area contributed by atoms with Crippen LogP contribution < -0.4 is 14.9 Å². The summed E-state index contributed by atoms with van der Waals surface area (Å²) in [6.45, 7) is -0.329. The highest BCUT2D eigenvalue weighted by Gasteiger charge is 2.32. The number of ether oxygens (including phenoxy) is 2. The van der Waals surface area contributed by atoms with Crippen LogP contribution in [0.1, 0.15) is 11.1 Å². The number of methoxy groups -OCH3 is 1. The summed E-state index contributed by atoms with van der Waals surface area (Å²) >= 11 is 0. The van der Waals surface area contributed by atoms with E-state index in [1.165, 1.54) is 25.3 Å². The highest BCUT2D eigenvalue weighted by atomic mass is 19.4. The van der Waals surface area contributed by atoms with Crippen molar-refractivity contribution >= 4 is 12.1 Å². The van der Waals surface area contributed by atoms with E-state index in [0.29, 0.717) is 11.5 Å². The lowest BCUT2D eigenvalue weighted by Gasteiger charge is -2.09. The molecule has 0 aliphatic heterocycles. The van der Waals surface area contributed by atoms with E-state index in [1.807, 2.05) is 0 Å². The zero-order valence-electron chi connectivity index (χ0n) is 13.2. The maximum absolute atomic E-state index is 12.8. The Kier molecular flexibility index (Phi) is 5.99. The van der Waals surface area contributed by atoms with E-state index in [-0.39, 0.29) is 12.2 Å². The quantitative estimate of drug-likeness (QED) is 0.641. The van der Waals surface area contributed by atoms with Crippen molar-refractivity contribution in [3.05, 3.63) is 59.7 Å². The third-order valence-electron chi connectivity index (χ3n) is 3.09. The van der Waals surface area contributed by atoms with Crippen LogP contribution >= 0.6 is 0 Å². The van der Waals surface area contributed by atoms with E-state index in [1.54, 1.807) is 24.3 Å². The highest BCUT2D eigenvalue weighted by Crippen LogP contribution is 2.31. The predicted octanol–water partition coefficient (Wildman–Crippen LogP) is 3.24. The molecule has 0 heterocycles. The number of amides is 1. The molecular weight excluding hydrogens is 337 g/mol. The number of hydrazone groups is 1. The molecule has 0 atom stereocenters. The Morgan fingerprint density at radius 3 is 2.40 bits per heavy atom. The molecule has 0 fully saturated rings. The van der Waals surface area contributed by atoms with E-state index in [0.717, 1.165) is 12.3 Å². The van der Waals surface area contributed by atoms with Crippen LogP contribution in [-0.4, -0.2) is 25.8 Å². The Labute approximate surface area is 142 Å². The molecule has 0 aliphatic carbocycles. The van der Waals surface area contributed by atoms with Crippen LogP contribution in [0.25, 0.3) is 0 Å². The van der Waals surface area contributed by atoms with E-state index >= 15 is 0 Å². The van der Waals surface area contributed by atoms with Crippen LogP contribution in [0.2, 0.25) is 0 Å². The van der Waals surface area contributed by atoms with Crippen molar-refractivity contribution in [2.24, 2.45) is 5.10 Å². The number of alkyl halides is 3. The van der Waals surface area contributed by atoms with Gasteiger partial charge in [0.1, 0.15) is 11.5 Å². The van der Waals surface area contributed by atoms with Gasteiger partial charge in [-0.05, 0) is 30.3 Å². The highest BCUT2D eigenvalue weighted by molar-refractivity contribution is 5.84. The zero-order valence-corrected chi connectivity index (χ0v) is 13.2. The Morgan fingerprint density at radius 2 is 1.76 bits per heavy atom. The average Bonchev–Trinajstić information content (AvgIpc) is 2.60. The van der Waals surface area contributed by atoms with Gasteiger partial charge in [-0.3, -0.25) is 4.79 Å². The molecular formula is C17H15F3N2O3. The number of rotatable bonds is 6. The fraction of sp³-hybridized carbons (Fsp3) is 0.176. The van der Waals surface area contributed by atoms with Gasteiger partial charge >= 0.3 is 6.18 Å². The van der Waals surface area contributed by atoms with Crippen molar-refractivity contribution in [3.63, 3.8) is 0 Å². The molecule has 0 saturated heterocycles.